The number of aromatic nitrogens is 2. The van der Waals surface area contributed by atoms with Gasteiger partial charge in [-0.2, -0.15) is 0 Å². The van der Waals surface area contributed by atoms with Crippen molar-refractivity contribution in [2.24, 2.45) is 5.92 Å². The van der Waals surface area contributed by atoms with Crippen LogP contribution in [0.2, 0.25) is 0 Å². The minimum absolute atomic E-state index is 0.202. The number of fused-ring (bicyclic) bond motifs is 1. The minimum atomic E-state index is -0.781. The molecule has 3 aliphatic rings. The summed E-state index contributed by atoms with van der Waals surface area (Å²) < 4.78 is 6.95. The Morgan fingerprint density at radius 3 is 2.64 bits per heavy atom. The maximum atomic E-state index is 13.4. The lowest BCUT2D eigenvalue weighted by Gasteiger charge is -2.40. The molecule has 8 heteroatoms. The van der Waals surface area contributed by atoms with Gasteiger partial charge in [-0.3, -0.25) is 14.0 Å². The van der Waals surface area contributed by atoms with Crippen molar-refractivity contribution in [2.75, 3.05) is 43.1 Å². The van der Waals surface area contributed by atoms with Gasteiger partial charge >= 0.3 is 0 Å². The summed E-state index contributed by atoms with van der Waals surface area (Å²) in [5.74, 6) is 0.926. The molecule has 1 aromatic carbocycles. The van der Waals surface area contributed by atoms with Gasteiger partial charge in [-0.05, 0) is 68.0 Å². The first-order chi connectivity index (χ1) is 17.6. The molecule has 4 heterocycles. The van der Waals surface area contributed by atoms with E-state index in [1.54, 1.807) is 18.3 Å². The van der Waals surface area contributed by atoms with Crippen LogP contribution in [0.4, 0.5) is 11.5 Å². The third kappa shape index (κ3) is 4.40. The summed E-state index contributed by atoms with van der Waals surface area (Å²) in [5, 5.41) is 6.66. The Hall–Kier alpha value is -3.23. The lowest BCUT2D eigenvalue weighted by atomic mass is 9.77. The molecule has 0 radical (unpaired) electrons. The molecule has 0 spiro atoms. The van der Waals surface area contributed by atoms with Crippen LogP contribution in [0.1, 0.15) is 37.7 Å². The van der Waals surface area contributed by atoms with Crippen molar-refractivity contribution in [2.45, 2.75) is 43.6 Å². The molecule has 8 nitrogen and oxygen atoms in total. The van der Waals surface area contributed by atoms with Crippen molar-refractivity contribution < 1.29 is 9.53 Å². The maximum absolute atomic E-state index is 13.4. The first-order valence-corrected chi connectivity index (χ1v) is 13.1. The summed E-state index contributed by atoms with van der Waals surface area (Å²) in [7, 11) is 0. The number of ether oxygens (including phenoxy) is 1. The number of amides is 1. The van der Waals surface area contributed by atoms with E-state index in [2.05, 4.69) is 32.7 Å². The topological polar surface area (TPSA) is 88.0 Å². The van der Waals surface area contributed by atoms with Crippen LogP contribution >= 0.6 is 0 Å². The standard InChI is InChI=1S/C28H33N5O3/c34-26-15-24(30-25-8-1-2-14-33(25)26)31-27(35)28(18-36-19-28)21-9-11-23(12-10-21)32-13-4-7-22(17-32)29-16-20-5-3-6-20/h1-2,8-12,14-15,20,22,29H,3-7,13,16-19H2,(H,31,35)/t22-/m1/s1. The number of hydrogen-bond acceptors (Lipinski definition) is 6. The van der Waals surface area contributed by atoms with Crippen LogP contribution in [0.3, 0.4) is 0 Å². The number of benzene rings is 1. The highest BCUT2D eigenvalue weighted by atomic mass is 16.5. The van der Waals surface area contributed by atoms with Gasteiger partial charge in [0.05, 0.1) is 13.2 Å². The molecule has 188 valence electrons. The second-order valence-electron chi connectivity index (χ2n) is 10.5. The zero-order chi connectivity index (χ0) is 24.5. The van der Waals surface area contributed by atoms with E-state index in [0.717, 1.165) is 31.1 Å². The zero-order valence-corrected chi connectivity index (χ0v) is 20.5. The summed E-state index contributed by atoms with van der Waals surface area (Å²) >= 11 is 0. The monoisotopic (exact) mass is 487 g/mol. The normalized spacial score (nSPS) is 21.6. The van der Waals surface area contributed by atoms with Crippen molar-refractivity contribution in [3.05, 3.63) is 70.6 Å². The Balaban J connectivity index is 1.15. The van der Waals surface area contributed by atoms with Gasteiger partial charge in [-0.25, -0.2) is 4.98 Å². The lowest BCUT2D eigenvalue weighted by molar-refractivity contribution is -0.139. The number of nitrogens with one attached hydrogen (secondary N) is 2. The average Bonchev–Trinajstić information content (AvgIpc) is 2.83. The largest absolute Gasteiger partial charge is 0.378 e. The van der Waals surface area contributed by atoms with Gasteiger partial charge in [0.15, 0.2) is 0 Å². The number of rotatable bonds is 7. The quantitative estimate of drug-likeness (QED) is 0.533. The summed E-state index contributed by atoms with van der Waals surface area (Å²) in [6, 6.07) is 15.6. The molecule has 2 aromatic heterocycles. The number of hydrogen-bond donors (Lipinski definition) is 2. The molecule has 36 heavy (non-hydrogen) atoms. The lowest BCUT2D eigenvalue weighted by Crippen LogP contribution is -2.55. The van der Waals surface area contributed by atoms with Gasteiger partial charge in [0.2, 0.25) is 5.91 Å². The SMILES string of the molecule is O=C(Nc1cc(=O)n2ccccc2n1)C1(c2ccc(N3CCC[C@@H](NCC4CCC4)C3)cc2)COC1. The van der Waals surface area contributed by atoms with Gasteiger partial charge in [0.1, 0.15) is 16.9 Å². The van der Waals surface area contributed by atoms with Gasteiger partial charge in [-0.1, -0.05) is 24.6 Å². The molecular formula is C28H33N5O3. The third-order valence-corrected chi connectivity index (χ3v) is 8.07. The molecule has 0 bridgehead atoms. The molecule has 1 saturated carbocycles. The predicted molar refractivity (Wildman–Crippen MR) is 140 cm³/mol. The van der Waals surface area contributed by atoms with Crippen molar-refractivity contribution >= 4 is 23.1 Å². The molecule has 2 aliphatic heterocycles. The van der Waals surface area contributed by atoms with E-state index in [1.165, 1.54) is 48.3 Å². The highest BCUT2D eigenvalue weighted by Gasteiger charge is 2.47. The van der Waals surface area contributed by atoms with E-state index in [0.29, 0.717) is 24.9 Å². The van der Waals surface area contributed by atoms with Crippen molar-refractivity contribution in [1.82, 2.24) is 14.7 Å². The fraction of sp³-hybridized carbons (Fsp3) is 0.464. The highest BCUT2D eigenvalue weighted by Crippen LogP contribution is 2.35. The number of carbonyl (C=O) groups excluding carboxylic acids is 1. The van der Waals surface area contributed by atoms with Gasteiger partial charge in [-0.15, -0.1) is 0 Å². The Bertz CT molecular complexity index is 1300. The maximum Gasteiger partial charge on any atom is 0.259 e. The Labute approximate surface area is 210 Å². The fourth-order valence-electron chi connectivity index (χ4n) is 5.49. The molecule has 2 saturated heterocycles. The van der Waals surface area contributed by atoms with Crippen LogP contribution in [0.15, 0.2) is 59.5 Å². The van der Waals surface area contributed by atoms with E-state index >= 15 is 0 Å². The van der Waals surface area contributed by atoms with E-state index in [4.69, 9.17) is 4.74 Å². The first kappa shape index (κ1) is 23.2. The van der Waals surface area contributed by atoms with Gasteiger partial charge in [0, 0.05) is 37.1 Å². The molecule has 3 fully saturated rings. The first-order valence-electron chi connectivity index (χ1n) is 13.1. The van der Waals surface area contributed by atoms with Crippen LogP contribution in [-0.2, 0) is 14.9 Å². The summed E-state index contributed by atoms with van der Waals surface area (Å²) in [5.41, 5.74) is 1.58. The van der Waals surface area contributed by atoms with Crippen molar-refractivity contribution in [3.63, 3.8) is 0 Å². The minimum Gasteiger partial charge on any atom is -0.378 e. The van der Waals surface area contributed by atoms with Gasteiger partial charge < -0.3 is 20.3 Å². The van der Waals surface area contributed by atoms with E-state index in [-0.39, 0.29) is 17.3 Å². The molecule has 3 aromatic rings. The Morgan fingerprint density at radius 1 is 1.08 bits per heavy atom. The molecule has 0 unspecified atom stereocenters. The van der Waals surface area contributed by atoms with Crippen LogP contribution in [0.5, 0.6) is 0 Å². The van der Waals surface area contributed by atoms with Crippen LogP contribution in [0, 0.1) is 5.92 Å². The molecule has 1 aliphatic carbocycles. The molecule has 1 amide bonds. The number of carbonyl (C=O) groups is 1. The van der Waals surface area contributed by atoms with Gasteiger partial charge in [0.25, 0.3) is 5.56 Å². The number of piperidine rings is 1. The van der Waals surface area contributed by atoms with E-state index < -0.39 is 5.41 Å². The van der Waals surface area contributed by atoms with Crippen molar-refractivity contribution in [3.8, 4) is 0 Å². The van der Waals surface area contributed by atoms with Crippen LogP contribution in [-0.4, -0.2) is 54.2 Å². The number of nitrogens with zero attached hydrogens (tertiary/aromatic N) is 3. The second-order valence-corrected chi connectivity index (χ2v) is 10.5. The fourth-order valence-corrected chi connectivity index (χ4v) is 5.49. The highest BCUT2D eigenvalue weighted by molar-refractivity contribution is 5.99. The van der Waals surface area contributed by atoms with E-state index in [9.17, 15) is 9.59 Å². The smallest absolute Gasteiger partial charge is 0.259 e. The predicted octanol–water partition coefficient (Wildman–Crippen LogP) is 2.96. The third-order valence-electron chi connectivity index (χ3n) is 8.07. The average molecular weight is 488 g/mol. The molecular weight excluding hydrogens is 454 g/mol. The van der Waals surface area contributed by atoms with E-state index in [1.807, 2.05) is 18.2 Å². The Kier molecular flexibility index (Phi) is 6.23. The summed E-state index contributed by atoms with van der Waals surface area (Å²) in [6.07, 6.45) is 8.21. The molecule has 2 N–H and O–H groups in total. The number of anilines is 2. The van der Waals surface area contributed by atoms with Crippen LogP contribution < -0.4 is 21.1 Å². The Morgan fingerprint density at radius 2 is 1.92 bits per heavy atom. The molecule has 6 rings (SSSR count). The summed E-state index contributed by atoms with van der Waals surface area (Å²) in [6.45, 7) is 3.83. The van der Waals surface area contributed by atoms with Crippen LogP contribution in [0.25, 0.3) is 5.65 Å². The second kappa shape index (κ2) is 9.67. The molecule has 1 atom stereocenters. The number of pyridine rings is 1. The zero-order valence-electron chi connectivity index (χ0n) is 20.5. The summed E-state index contributed by atoms with van der Waals surface area (Å²) in [4.78, 5) is 32.7. The van der Waals surface area contributed by atoms with Crippen molar-refractivity contribution in [1.29, 1.82) is 0 Å².